The number of ether oxygens (including phenoxy) is 1. The van der Waals surface area contributed by atoms with Crippen LogP contribution in [0, 0.1) is 0 Å². The van der Waals surface area contributed by atoms with Crippen molar-refractivity contribution in [1.29, 1.82) is 0 Å². The maximum absolute atomic E-state index is 12.9. The van der Waals surface area contributed by atoms with E-state index in [1.807, 2.05) is 0 Å². The van der Waals surface area contributed by atoms with Gasteiger partial charge in [-0.2, -0.15) is 13.2 Å². The molecule has 0 fully saturated rings. The molecule has 24 heavy (non-hydrogen) atoms. The molecule has 1 aliphatic heterocycles. The van der Waals surface area contributed by atoms with E-state index in [1.54, 1.807) is 6.92 Å². The van der Waals surface area contributed by atoms with Gasteiger partial charge in [-0.1, -0.05) is 0 Å². The highest BCUT2D eigenvalue weighted by Gasteiger charge is 2.34. The quantitative estimate of drug-likeness (QED) is 0.845. The molecule has 0 N–H and O–H groups in total. The number of benzene rings is 1. The topological polar surface area (TPSA) is 55.3 Å². The lowest BCUT2D eigenvalue weighted by Gasteiger charge is -2.32. The van der Waals surface area contributed by atoms with Gasteiger partial charge in [0.1, 0.15) is 18.7 Å². The molecular formula is C16H14F3N3O2. The third-order valence-corrected chi connectivity index (χ3v) is 3.87. The standard InChI is InChI=1S/C16H14F3N3O2/c1-10(11-7-20-9-21-8-11)15(23)22-4-5-24-14-3-2-12(6-13(14)22)16(17,18)19/h2-3,6-10H,4-5H2,1H3. The van der Waals surface area contributed by atoms with Gasteiger partial charge < -0.3 is 9.64 Å². The monoisotopic (exact) mass is 337 g/mol. The lowest BCUT2D eigenvalue weighted by Crippen LogP contribution is -2.40. The first kappa shape index (κ1) is 16.2. The van der Waals surface area contributed by atoms with Gasteiger partial charge in [-0.15, -0.1) is 0 Å². The molecule has 1 aromatic carbocycles. The van der Waals surface area contributed by atoms with Gasteiger partial charge in [0.2, 0.25) is 5.91 Å². The van der Waals surface area contributed by atoms with E-state index in [1.165, 1.54) is 29.7 Å². The van der Waals surface area contributed by atoms with Gasteiger partial charge >= 0.3 is 6.18 Å². The molecule has 1 amide bonds. The number of nitrogens with zero attached hydrogens (tertiary/aromatic N) is 3. The first-order valence-electron chi connectivity index (χ1n) is 7.28. The average Bonchev–Trinajstić information content (AvgIpc) is 2.59. The van der Waals surface area contributed by atoms with E-state index >= 15 is 0 Å². The van der Waals surface area contributed by atoms with Crippen molar-refractivity contribution in [2.75, 3.05) is 18.1 Å². The van der Waals surface area contributed by atoms with Crippen LogP contribution in [-0.4, -0.2) is 29.0 Å². The molecule has 1 unspecified atom stereocenters. The molecule has 1 aliphatic rings. The summed E-state index contributed by atoms with van der Waals surface area (Å²) in [5.74, 6) is -0.639. The van der Waals surface area contributed by atoms with Crippen LogP contribution in [0.5, 0.6) is 5.75 Å². The predicted octanol–water partition coefficient (Wildman–Crippen LogP) is 3.02. The van der Waals surface area contributed by atoms with Gasteiger partial charge in [0, 0.05) is 18.0 Å². The van der Waals surface area contributed by atoms with Gasteiger partial charge in [-0.25, -0.2) is 9.97 Å². The second-order valence-electron chi connectivity index (χ2n) is 5.41. The van der Waals surface area contributed by atoms with Gasteiger partial charge in [-0.05, 0) is 25.1 Å². The Morgan fingerprint density at radius 2 is 2.00 bits per heavy atom. The zero-order valence-electron chi connectivity index (χ0n) is 12.7. The highest BCUT2D eigenvalue weighted by Crippen LogP contribution is 2.39. The van der Waals surface area contributed by atoms with Crippen LogP contribution in [0.1, 0.15) is 24.0 Å². The van der Waals surface area contributed by atoms with Crippen molar-refractivity contribution in [1.82, 2.24) is 9.97 Å². The van der Waals surface area contributed by atoms with Crippen LogP contribution in [0.2, 0.25) is 0 Å². The van der Waals surface area contributed by atoms with Crippen molar-refractivity contribution in [2.45, 2.75) is 19.0 Å². The number of fused-ring (bicyclic) bond motifs is 1. The van der Waals surface area contributed by atoms with Crippen LogP contribution in [0.15, 0.2) is 36.9 Å². The van der Waals surface area contributed by atoms with E-state index < -0.39 is 17.7 Å². The molecule has 1 atom stereocenters. The number of carbonyl (C=O) groups excluding carboxylic acids is 1. The number of carbonyl (C=O) groups is 1. The molecule has 0 saturated heterocycles. The summed E-state index contributed by atoms with van der Waals surface area (Å²) < 4.78 is 44.2. The van der Waals surface area contributed by atoms with E-state index in [0.717, 1.165) is 12.1 Å². The zero-order valence-corrected chi connectivity index (χ0v) is 12.7. The smallest absolute Gasteiger partial charge is 0.416 e. The lowest BCUT2D eigenvalue weighted by atomic mass is 10.0. The average molecular weight is 337 g/mol. The molecule has 0 spiro atoms. The zero-order chi connectivity index (χ0) is 17.3. The fourth-order valence-corrected chi connectivity index (χ4v) is 2.53. The Balaban J connectivity index is 1.95. The molecule has 8 heteroatoms. The number of halogens is 3. The molecule has 1 aromatic heterocycles. The number of rotatable bonds is 2. The summed E-state index contributed by atoms with van der Waals surface area (Å²) in [4.78, 5) is 21.8. The summed E-state index contributed by atoms with van der Waals surface area (Å²) in [6.45, 7) is 2.08. The molecule has 5 nitrogen and oxygen atoms in total. The lowest BCUT2D eigenvalue weighted by molar-refractivity contribution is -0.137. The molecule has 0 aliphatic carbocycles. The highest BCUT2D eigenvalue weighted by atomic mass is 19.4. The van der Waals surface area contributed by atoms with Crippen LogP contribution in [0.3, 0.4) is 0 Å². The minimum Gasteiger partial charge on any atom is -0.490 e. The van der Waals surface area contributed by atoms with E-state index in [4.69, 9.17) is 4.74 Å². The van der Waals surface area contributed by atoms with Crippen LogP contribution in [-0.2, 0) is 11.0 Å². The molecule has 0 bridgehead atoms. The van der Waals surface area contributed by atoms with Gasteiger partial charge in [-0.3, -0.25) is 4.79 Å². The number of aromatic nitrogens is 2. The maximum atomic E-state index is 12.9. The van der Waals surface area contributed by atoms with E-state index in [0.29, 0.717) is 5.56 Å². The second-order valence-corrected chi connectivity index (χ2v) is 5.41. The Bertz CT molecular complexity index is 750. The number of hydrogen-bond donors (Lipinski definition) is 0. The molecule has 126 valence electrons. The van der Waals surface area contributed by atoms with Crippen molar-refractivity contribution in [2.24, 2.45) is 0 Å². The first-order valence-corrected chi connectivity index (χ1v) is 7.28. The van der Waals surface area contributed by atoms with Crippen molar-refractivity contribution in [3.63, 3.8) is 0 Å². The van der Waals surface area contributed by atoms with E-state index in [2.05, 4.69) is 9.97 Å². The summed E-state index contributed by atoms with van der Waals surface area (Å²) in [6.07, 6.45) is -0.105. The van der Waals surface area contributed by atoms with E-state index in [9.17, 15) is 18.0 Å². The van der Waals surface area contributed by atoms with Crippen LogP contribution < -0.4 is 9.64 Å². The Morgan fingerprint density at radius 1 is 1.29 bits per heavy atom. The van der Waals surface area contributed by atoms with Crippen molar-refractivity contribution >= 4 is 11.6 Å². The summed E-state index contributed by atoms with van der Waals surface area (Å²) in [6, 6.07) is 3.13. The third kappa shape index (κ3) is 3.04. The van der Waals surface area contributed by atoms with Crippen molar-refractivity contribution in [3.05, 3.63) is 48.0 Å². The number of alkyl halides is 3. The van der Waals surface area contributed by atoms with Crippen LogP contribution >= 0.6 is 0 Å². The Hall–Kier alpha value is -2.64. The SMILES string of the molecule is CC(C(=O)N1CCOc2ccc(C(F)(F)F)cc21)c1cncnc1. The maximum Gasteiger partial charge on any atom is 0.416 e. The van der Waals surface area contributed by atoms with Gasteiger partial charge in [0.25, 0.3) is 0 Å². The second kappa shape index (κ2) is 6.10. The summed E-state index contributed by atoms with van der Waals surface area (Å²) in [7, 11) is 0. The molecule has 0 saturated carbocycles. The third-order valence-electron chi connectivity index (χ3n) is 3.87. The van der Waals surface area contributed by atoms with Crippen molar-refractivity contribution in [3.8, 4) is 5.75 Å². The number of hydrogen-bond acceptors (Lipinski definition) is 4. The van der Waals surface area contributed by atoms with Crippen LogP contribution in [0.25, 0.3) is 0 Å². The summed E-state index contributed by atoms with van der Waals surface area (Å²) in [5, 5.41) is 0. The molecular weight excluding hydrogens is 323 g/mol. The predicted molar refractivity (Wildman–Crippen MR) is 79.7 cm³/mol. The fourth-order valence-electron chi connectivity index (χ4n) is 2.53. The molecule has 3 rings (SSSR count). The minimum absolute atomic E-state index is 0.129. The molecule has 2 aromatic rings. The normalized spacial score (nSPS) is 15.4. The largest absolute Gasteiger partial charge is 0.490 e. The molecule has 0 radical (unpaired) electrons. The van der Waals surface area contributed by atoms with Crippen molar-refractivity contribution < 1.29 is 22.7 Å². The number of amides is 1. The Labute approximate surface area is 136 Å². The first-order chi connectivity index (χ1) is 11.4. The summed E-state index contributed by atoms with van der Waals surface area (Å²) >= 11 is 0. The van der Waals surface area contributed by atoms with Crippen LogP contribution in [0.4, 0.5) is 18.9 Å². The Morgan fingerprint density at radius 3 is 2.67 bits per heavy atom. The van der Waals surface area contributed by atoms with E-state index in [-0.39, 0.29) is 30.5 Å². The molecule has 2 heterocycles. The van der Waals surface area contributed by atoms with Gasteiger partial charge in [0.05, 0.1) is 23.7 Å². The Kier molecular flexibility index (Phi) is 4.13. The summed E-state index contributed by atoms with van der Waals surface area (Å²) in [5.41, 5.74) is -0.0902. The fraction of sp³-hybridized carbons (Fsp3) is 0.312. The minimum atomic E-state index is -4.49. The highest BCUT2D eigenvalue weighted by molar-refractivity contribution is 5.99. The van der Waals surface area contributed by atoms with Gasteiger partial charge in [0.15, 0.2) is 0 Å². The number of anilines is 1.